The van der Waals surface area contributed by atoms with Crippen molar-refractivity contribution in [1.82, 2.24) is 10.2 Å². The lowest BCUT2D eigenvalue weighted by Crippen LogP contribution is -2.42. The van der Waals surface area contributed by atoms with E-state index >= 15 is 0 Å². The van der Waals surface area contributed by atoms with Crippen molar-refractivity contribution in [3.63, 3.8) is 0 Å². The fraction of sp³-hybridized carbons (Fsp3) is 0.733. The molecule has 0 heterocycles. The van der Waals surface area contributed by atoms with Crippen LogP contribution in [0.25, 0.3) is 0 Å². The molecule has 2 N–H and O–H groups in total. The van der Waals surface area contributed by atoms with Gasteiger partial charge in [-0.15, -0.1) is 0 Å². The van der Waals surface area contributed by atoms with E-state index in [1.807, 2.05) is 19.2 Å². The third-order valence-corrected chi connectivity index (χ3v) is 4.52. The number of nitrogens with one attached hydrogen (secondary N) is 1. The van der Waals surface area contributed by atoms with Crippen LogP contribution in [0, 0.1) is 23.7 Å². The maximum absolute atomic E-state index is 12.3. The van der Waals surface area contributed by atoms with E-state index in [-0.39, 0.29) is 17.7 Å². The molecule has 2 aliphatic rings. The van der Waals surface area contributed by atoms with Gasteiger partial charge < -0.3 is 20.1 Å². The fourth-order valence-electron chi connectivity index (χ4n) is 3.36. The van der Waals surface area contributed by atoms with E-state index in [0.29, 0.717) is 13.2 Å². The van der Waals surface area contributed by atoms with Crippen molar-refractivity contribution in [2.24, 2.45) is 23.7 Å². The summed E-state index contributed by atoms with van der Waals surface area (Å²) in [6.07, 6.45) is 4.74. The molecule has 0 spiro atoms. The molecule has 2 aliphatic carbocycles. The molecule has 2 rings (SSSR count). The van der Waals surface area contributed by atoms with E-state index in [9.17, 15) is 14.7 Å². The average Bonchev–Trinajstić information content (AvgIpc) is 3.05. The highest BCUT2D eigenvalue weighted by atomic mass is 16.5. The highest BCUT2D eigenvalue weighted by Crippen LogP contribution is 2.48. The highest BCUT2D eigenvalue weighted by molar-refractivity contribution is 5.86. The molecule has 1 fully saturated rings. The van der Waals surface area contributed by atoms with Gasteiger partial charge in [0.2, 0.25) is 5.91 Å². The summed E-state index contributed by atoms with van der Waals surface area (Å²) in [7, 11) is 3.62. The molecule has 0 aromatic rings. The topological polar surface area (TPSA) is 78.9 Å². The molecule has 2 bridgehead atoms. The van der Waals surface area contributed by atoms with Crippen molar-refractivity contribution in [1.29, 1.82) is 0 Å². The molecule has 21 heavy (non-hydrogen) atoms. The van der Waals surface area contributed by atoms with E-state index in [4.69, 9.17) is 4.74 Å². The monoisotopic (exact) mass is 296 g/mol. The van der Waals surface area contributed by atoms with Crippen LogP contribution in [0.15, 0.2) is 12.2 Å². The Kier molecular flexibility index (Phi) is 5.36. The van der Waals surface area contributed by atoms with Crippen molar-refractivity contribution in [2.45, 2.75) is 6.42 Å². The Balaban J connectivity index is 1.80. The molecule has 0 aromatic carbocycles. The van der Waals surface area contributed by atoms with E-state index in [1.54, 1.807) is 7.11 Å². The Labute approximate surface area is 125 Å². The van der Waals surface area contributed by atoms with Crippen LogP contribution in [0.3, 0.4) is 0 Å². The van der Waals surface area contributed by atoms with Crippen molar-refractivity contribution in [3.05, 3.63) is 12.2 Å². The lowest BCUT2D eigenvalue weighted by atomic mass is 9.82. The standard InChI is InChI=1S/C15H24N2O4/c1-17(7-8-21-2)6-5-16-14(18)12-10-3-4-11(9-10)13(12)15(19)20/h3-4,10-13H,5-9H2,1-2H3,(H,16,18)(H,19,20). The molecule has 0 aromatic heterocycles. The summed E-state index contributed by atoms with van der Waals surface area (Å²) in [5.74, 6) is -1.86. The number of carboxylic acid groups (broad SMARTS) is 1. The van der Waals surface area contributed by atoms with E-state index < -0.39 is 17.8 Å². The SMILES string of the molecule is COCCN(C)CCNC(=O)C1C2C=CC(C2)C1C(=O)O. The molecule has 6 heteroatoms. The van der Waals surface area contributed by atoms with Crippen LogP contribution in [0.2, 0.25) is 0 Å². The molecule has 1 saturated carbocycles. The second kappa shape index (κ2) is 7.04. The second-order valence-corrected chi connectivity index (χ2v) is 5.93. The third-order valence-electron chi connectivity index (χ3n) is 4.52. The number of carbonyl (C=O) groups excluding carboxylic acids is 1. The zero-order valence-electron chi connectivity index (χ0n) is 12.6. The van der Waals surface area contributed by atoms with Gasteiger partial charge in [-0.1, -0.05) is 12.2 Å². The van der Waals surface area contributed by atoms with Gasteiger partial charge in [-0.05, 0) is 25.3 Å². The molecule has 4 unspecified atom stereocenters. The molecular weight excluding hydrogens is 272 g/mol. The van der Waals surface area contributed by atoms with Gasteiger partial charge in [0, 0.05) is 26.7 Å². The Hall–Kier alpha value is -1.40. The summed E-state index contributed by atoms with van der Waals surface area (Å²) in [4.78, 5) is 25.7. The zero-order valence-corrected chi connectivity index (χ0v) is 12.6. The first-order valence-corrected chi connectivity index (χ1v) is 7.41. The molecule has 4 atom stereocenters. The number of amides is 1. The van der Waals surface area contributed by atoms with E-state index in [2.05, 4.69) is 10.2 Å². The number of rotatable bonds is 8. The van der Waals surface area contributed by atoms with Gasteiger partial charge in [-0.2, -0.15) is 0 Å². The number of likely N-dealkylation sites (N-methyl/N-ethyl adjacent to an activating group) is 1. The second-order valence-electron chi connectivity index (χ2n) is 5.93. The lowest BCUT2D eigenvalue weighted by Gasteiger charge is -2.24. The molecule has 0 saturated heterocycles. The maximum atomic E-state index is 12.3. The zero-order chi connectivity index (χ0) is 15.4. The van der Waals surface area contributed by atoms with Crippen LogP contribution in [-0.2, 0) is 14.3 Å². The Morgan fingerprint density at radius 1 is 1.29 bits per heavy atom. The van der Waals surface area contributed by atoms with Crippen LogP contribution in [0.1, 0.15) is 6.42 Å². The van der Waals surface area contributed by atoms with Crippen molar-refractivity contribution >= 4 is 11.9 Å². The fourth-order valence-corrected chi connectivity index (χ4v) is 3.36. The Bertz CT molecular complexity index is 424. The minimum Gasteiger partial charge on any atom is -0.481 e. The number of hydrogen-bond donors (Lipinski definition) is 2. The van der Waals surface area contributed by atoms with Crippen molar-refractivity contribution in [2.75, 3.05) is 40.4 Å². The molecule has 1 amide bonds. The first-order valence-electron chi connectivity index (χ1n) is 7.41. The number of carbonyl (C=O) groups is 2. The van der Waals surface area contributed by atoms with Crippen molar-refractivity contribution < 1.29 is 19.4 Å². The van der Waals surface area contributed by atoms with Crippen LogP contribution in [-0.4, -0.2) is 62.3 Å². The number of hydrogen-bond acceptors (Lipinski definition) is 4. The smallest absolute Gasteiger partial charge is 0.307 e. The van der Waals surface area contributed by atoms with Crippen LogP contribution < -0.4 is 5.32 Å². The van der Waals surface area contributed by atoms with Gasteiger partial charge in [0.1, 0.15) is 0 Å². The number of fused-ring (bicyclic) bond motifs is 2. The summed E-state index contributed by atoms with van der Waals surface area (Å²) in [5.41, 5.74) is 0. The largest absolute Gasteiger partial charge is 0.481 e. The van der Waals surface area contributed by atoms with E-state index in [0.717, 1.165) is 19.5 Å². The quantitative estimate of drug-likeness (QED) is 0.626. The lowest BCUT2D eigenvalue weighted by molar-refractivity contribution is -0.147. The van der Waals surface area contributed by atoms with Crippen molar-refractivity contribution in [3.8, 4) is 0 Å². The normalized spacial score (nSPS) is 30.0. The number of carboxylic acids is 1. The predicted molar refractivity (Wildman–Crippen MR) is 77.7 cm³/mol. The minimum atomic E-state index is -0.857. The highest BCUT2D eigenvalue weighted by Gasteiger charge is 2.51. The van der Waals surface area contributed by atoms with Gasteiger partial charge in [0.05, 0.1) is 18.4 Å². The van der Waals surface area contributed by atoms with Crippen LogP contribution in [0.4, 0.5) is 0 Å². The minimum absolute atomic E-state index is 0.0210. The average molecular weight is 296 g/mol. The van der Waals surface area contributed by atoms with Gasteiger partial charge in [-0.3, -0.25) is 9.59 Å². The number of allylic oxidation sites excluding steroid dienone is 2. The first-order chi connectivity index (χ1) is 10.0. The maximum Gasteiger partial charge on any atom is 0.307 e. The summed E-state index contributed by atoms with van der Waals surface area (Å²) >= 11 is 0. The summed E-state index contributed by atoms with van der Waals surface area (Å²) in [6.45, 7) is 2.72. The first kappa shape index (κ1) is 16.0. The number of ether oxygens (including phenoxy) is 1. The van der Waals surface area contributed by atoms with Gasteiger partial charge in [0.15, 0.2) is 0 Å². The van der Waals surface area contributed by atoms with Crippen LogP contribution >= 0.6 is 0 Å². The Morgan fingerprint density at radius 2 is 1.95 bits per heavy atom. The molecular formula is C15H24N2O4. The number of methoxy groups -OCH3 is 1. The molecule has 0 aliphatic heterocycles. The number of aliphatic carboxylic acids is 1. The summed E-state index contributed by atoms with van der Waals surface area (Å²) in [6, 6.07) is 0. The molecule has 118 valence electrons. The van der Waals surface area contributed by atoms with Gasteiger partial charge in [0.25, 0.3) is 0 Å². The summed E-state index contributed by atoms with van der Waals surface area (Å²) < 4.78 is 4.99. The molecule has 0 radical (unpaired) electrons. The van der Waals surface area contributed by atoms with Gasteiger partial charge >= 0.3 is 5.97 Å². The number of nitrogens with zero attached hydrogens (tertiary/aromatic N) is 1. The van der Waals surface area contributed by atoms with E-state index in [1.165, 1.54) is 0 Å². The predicted octanol–water partition coefficient (Wildman–Crippen LogP) is 0.204. The molecule has 6 nitrogen and oxygen atoms in total. The third kappa shape index (κ3) is 3.63. The summed E-state index contributed by atoms with van der Waals surface area (Å²) in [5, 5.41) is 12.2. The van der Waals surface area contributed by atoms with Gasteiger partial charge in [-0.25, -0.2) is 0 Å². The van der Waals surface area contributed by atoms with Crippen LogP contribution in [0.5, 0.6) is 0 Å². The Morgan fingerprint density at radius 3 is 2.57 bits per heavy atom.